The van der Waals surface area contributed by atoms with Crippen molar-refractivity contribution in [2.24, 2.45) is 0 Å². The lowest BCUT2D eigenvalue weighted by Crippen LogP contribution is -2.18. The second-order valence-corrected chi connectivity index (χ2v) is 6.24. The fourth-order valence-corrected chi connectivity index (χ4v) is 2.80. The van der Waals surface area contributed by atoms with E-state index in [2.05, 4.69) is 29.7 Å². The van der Waals surface area contributed by atoms with E-state index in [0.717, 1.165) is 41.3 Å². The molecule has 0 bridgehead atoms. The van der Waals surface area contributed by atoms with Gasteiger partial charge in [-0.1, -0.05) is 18.2 Å². The molecule has 1 unspecified atom stereocenters. The molecular formula is C20H24N2O3. The van der Waals surface area contributed by atoms with Crippen LogP contribution in [0, 0.1) is 0 Å². The van der Waals surface area contributed by atoms with Gasteiger partial charge in [0.05, 0.1) is 13.2 Å². The number of carbonyl (C=O) groups excluding carboxylic acids is 1. The van der Waals surface area contributed by atoms with Gasteiger partial charge in [-0.15, -0.1) is 0 Å². The van der Waals surface area contributed by atoms with E-state index in [0.29, 0.717) is 13.2 Å². The first-order valence-corrected chi connectivity index (χ1v) is 8.61. The SMILES string of the molecule is CC(=O)Nc1cccc(C(C)NCc2ccc3c(c2)OCCCO3)c1. The van der Waals surface area contributed by atoms with Crippen LogP contribution in [-0.4, -0.2) is 19.1 Å². The lowest BCUT2D eigenvalue weighted by atomic mass is 10.1. The highest BCUT2D eigenvalue weighted by atomic mass is 16.5. The molecule has 1 aliphatic rings. The molecule has 1 heterocycles. The molecule has 0 saturated heterocycles. The third kappa shape index (κ3) is 4.73. The maximum Gasteiger partial charge on any atom is 0.221 e. The van der Waals surface area contributed by atoms with Gasteiger partial charge in [0, 0.05) is 31.6 Å². The van der Waals surface area contributed by atoms with E-state index in [-0.39, 0.29) is 11.9 Å². The van der Waals surface area contributed by atoms with Gasteiger partial charge in [0.1, 0.15) is 0 Å². The predicted octanol–water partition coefficient (Wildman–Crippen LogP) is 3.66. The first-order valence-electron chi connectivity index (χ1n) is 8.61. The molecule has 0 fully saturated rings. The molecule has 3 rings (SSSR count). The van der Waals surface area contributed by atoms with Gasteiger partial charge in [-0.05, 0) is 42.3 Å². The van der Waals surface area contributed by atoms with Crippen LogP contribution in [-0.2, 0) is 11.3 Å². The fraction of sp³-hybridized carbons (Fsp3) is 0.350. The van der Waals surface area contributed by atoms with Crippen LogP contribution in [0.3, 0.4) is 0 Å². The summed E-state index contributed by atoms with van der Waals surface area (Å²) in [7, 11) is 0. The highest BCUT2D eigenvalue weighted by Crippen LogP contribution is 2.30. The third-order valence-corrected chi connectivity index (χ3v) is 4.13. The van der Waals surface area contributed by atoms with Crippen molar-refractivity contribution >= 4 is 11.6 Å². The van der Waals surface area contributed by atoms with Crippen LogP contribution in [0.25, 0.3) is 0 Å². The molecule has 0 radical (unpaired) electrons. The van der Waals surface area contributed by atoms with E-state index in [9.17, 15) is 4.79 Å². The van der Waals surface area contributed by atoms with E-state index in [1.165, 1.54) is 6.92 Å². The van der Waals surface area contributed by atoms with Gasteiger partial charge in [0.2, 0.25) is 5.91 Å². The number of carbonyl (C=O) groups is 1. The summed E-state index contributed by atoms with van der Waals surface area (Å²) in [5.41, 5.74) is 3.09. The number of rotatable bonds is 5. The topological polar surface area (TPSA) is 59.6 Å². The van der Waals surface area contributed by atoms with Crippen molar-refractivity contribution in [3.8, 4) is 11.5 Å². The first-order chi connectivity index (χ1) is 12.1. The first kappa shape index (κ1) is 17.3. The Labute approximate surface area is 148 Å². The van der Waals surface area contributed by atoms with Crippen LogP contribution in [0.5, 0.6) is 11.5 Å². The molecule has 5 nitrogen and oxygen atoms in total. The Morgan fingerprint density at radius 2 is 1.92 bits per heavy atom. The highest BCUT2D eigenvalue weighted by molar-refractivity contribution is 5.88. The Hall–Kier alpha value is -2.53. The minimum absolute atomic E-state index is 0.0649. The molecule has 0 spiro atoms. The van der Waals surface area contributed by atoms with E-state index >= 15 is 0 Å². The fourth-order valence-electron chi connectivity index (χ4n) is 2.80. The van der Waals surface area contributed by atoms with Crippen molar-refractivity contribution in [3.05, 3.63) is 53.6 Å². The summed E-state index contributed by atoms with van der Waals surface area (Å²) >= 11 is 0. The normalized spacial score (nSPS) is 14.5. The lowest BCUT2D eigenvalue weighted by Gasteiger charge is -2.16. The van der Waals surface area contributed by atoms with Crippen LogP contribution >= 0.6 is 0 Å². The number of hydrogen-bond donors (Lipinski definition) is 2. The summed E-state index contributed by atoms with van der Waals surface area (Å²) in [6.07, 6.45) is 0.907. The van der Waals surface area contributed by atoms with Crippen LogP contribution in [0.2, 0.25) is 0 Å². The minimum Gasteiger partial charge on any atom is -0.490 e. The molecule has 1 atom stereocenters. The van der Waals surface area contributed by atoms with Crippen LogP contribution < -0.4 is 20.1 Å². The molecule has 132 valence electrons. The smallest absolute Gasteiger partial charge is 0.221 e. The lowest BCUT2D eigenvalue weighted by molar-refractivity contribution is -0.114. The Morgan fingerprint density at radius 1 is 1.12 bits per heavy atom. The minimum atomic E-state index is -0.0649. The zero-order valence-corrected chi connectivity index (χ0v) is 14.7. The standard InChI is InChI=1S/C20H24N2O3/c1-14(17-5-3-6-18(12-17)22-15(2)23)21-13-16-7-8-19-20(11-16)25-10-4-9-24-19/h3,5-8,11-12,14,21H,4,9-10,13H2,1-2H3,(H,22,23). The van der Waals surface area contributed by atoms with Gasteiger partial charge in [0.25, 0.3) is 0 Å². The molecule has 2 aromatic carbocycles. The molecule has 1 aliphatic heterocycles. The second kappa shape index (κ2) is 8.03. The summed E-state index contributed by atoms with van der Waals surface area (Å²) in [4.78, 5) is 11.2. The summed E-state index contributed by atoms with van der Waals surface area (Å²) in [5.74, 6) is 1.57. The average molecular weight is 340 g/mol. The maximum atomic E-state index is 11.2. The van der Waals surface area contributed by atoms with E-state index in [4.69, 9.17) is 9.47 Å². The number of ether oxygens (including phenoxy) is 2. The molecule has 25 heavy (non-hydrogen) atoms. The van der Waals surface area contributed by atoms with Gasteiger partial charge in [-0.25, -0.2) is 0 Å². The molecule has 5 heteroatoms. The summed E-state index contributed by atoms with van der Waals surface area (Å²) in [6.45, 7) is 5.74. The molecular weight excluding hydrogens is 316 g/mol. The maximum absolute atomic E-state index is 11.2. The van der Waals surface area contributed by atoms with Crippen molar-refractivity contribution in [1.29, 1.82) is 0 Å². The average Bonchev–Trinajstić information content (AvgIpc) is 2.84. The zero-order chi connectivity index (χ0) is 17.6. The summed E-state index contributed by atoms with van der Waals surface area (Å²) in [6, 6.07) is 14.1. The van der Waals surface area contributed by atoms with E-state index in [1.807, 2.05) is 30.3 Å². The number of fused-ring (bicyclic) bond motifs is 1. The number of hydrogen-bond acceptors (Lipinski definition) is 4. The molecule has 0 saturated carbocycles. The van der Waals surface area contributed by atoms with Crippen molar-refractivity contribution in [2.75, 3.05) is 18.5 Å². The molecule has 2 aromatic rings. The predicted molar refractivity (Wildman–Crippen MR) is 98.0 cm³/mol. The van der Waals surface area contributed by atoms with E-state index < -0.39 is 0 Å². The number of nitrogens with one attached hydrogen (secondary N) is 2. The van der Waals surface area contributed by atoms with Gasteiger partial charge in [-0.3, -0.25) is 4.79 Å². The van der Waals surface area contributed by atoms with Crippen molar-refractivity contribution in [2.45, 2.75) is 32.9 Å². The molecule has 2 N–H and O–H groups in total. The van der Waals surface area contributed by atoms with Gasteiger partial charge < -0.3 is 20.1 Å². The number of benzene rings is 2. The monoisotopic (exact) mass is 340 g/mol. The largest absolute Gasteiger partial charge is 0.490 e. The highest BCUT2D eigenvalue weighted by Gasteiger charge is 2.11. The third-order valence-electron chi connectivity index (χ3n) is 4.13. The quantitative estimate of drug-likeness (QED) is 0.872. The zero-order valence-electron chi connectivity index (χ0n) is 14.7. The molecule has 1 amide bonds. The van der Waals surface area contributed by atoms with Gasteiger partial charge in [-0.2, -0.15) is 0 Å². The summed E-state index contributed by atoms with van der Waals surface area (Å²) in [5, 5.41) is 6.33. The molecule has 0 aliphatic carbocycles. The number of anilines is 1. The van der Waals surface area contributed by atoms with Crippen molar-refractivity contribution < 1.29 is 14.3 Å². The van der Waals surface area contributed by atoms with Gasteiger partial charge >= 0.3 is 0 Å². The second-order valence-electron chi connectivity index (χ2n) is 6.24. The Morgan fingerprint density at radius 3 is 2.72 bits per heavy atom. The van der Waals surface area contributed by atoms with Crippen LogP contribution in [0.1, 0.15) is 37.4 Å². The Kier molecular flexibility index (Phi) is 5.56. The van der Waals surface area contributed by atoms with Crippen molar-refractivity contribution in [3.63, 3.8) is 0 Å². The summed E-state index contributed by atoms with van der Waals surface area (Å²) < 4.78 is 11.4. The van der Waals surface area contributed by atoms with E-state index in [1.54, 1.807) is 0 Å². The van der Waals surface area contributed by atoms with Crippen molar-refractivity contribution in [1.82, 2.24) is 5.32 Å². The van der Waals surface area contributed by atoms with Gasteiger partial charge in [0.15, 0.2) is 11.5 Å². The Bertz CT molecular complexity index is 745. The Balaban J connectivity index is 1.63. The molecule has 0 aromatic heterocycles. The number of amides is 1. The van der Waals surface area contributed by atoms with Crippen LogP contribution in [0.15, 0.2) is 42.5 Å². The van der Waals surface area contributed by atoms with Crippen LogP contribution in [0.4, 0.5) is 5.69 Å².